The molecule has 3 aromatic carbocycles. The highest BCUT2D eigenvalue weighted by Crippen LogP contribution is 2.32. The Hall–Kier alpha value is -3.96. The van der Waals surface area contributed by atoms with E-state index in [2.05, 4.69) is 22.5 Å². The number of morpholine rings is 1. The van der Waals surface area contributed by atoms with Crippen LogP contribution in [0.2, 0.25) is 0 Å². The van der Waals surface area contributed by atoms with Gasteiger partial charge in [-0.05, 0) is 60.1 Å². The zero-order valence-electron chi connectivity index (χ0n) is 29.2. The zero-order valence-corrected chi connectivity index (χ0v) is 29.2. The van der Waals surface area contributed by atoms with Crippen LogP contribution in [0.1, 0.15) is 60.9 Å². The van der Waals surface area contributed by atoms with Crippen LogP contribution >= 0.6 is 0 Å². The predicted molar refractivity (Wildman–Crippen MR) is 192 cm³/mol. The Bertz CT molecular complexity index is 1470. The van der Waals surface area contributed by atoms with Crippen molar-refractivity contribution in [2.45, 2.75) is 76.2 Å². The Morgan fingerprint density at radius 3 is 2.40 bits per heavy atom. The van der Waals surface area contributed by atoms with Crippen LogP contribution < -0.4 is 15.4 Å². The quantitative estimate of drug-likeness (QED) is 0.143. The first-order chi connectivity index (χ1) is 24.4. The maximum Gasteiger partial charge on any atom is 0.407 e. The molecule has 0 radical (unpaired) electrons. The molecule has 1 aliphatic heterocycles. The standard InChI is InChI=1S/C40H53N3O7/c1-2-3-9-21-50-40(47)41-35(26-29-10-5-4-6-11-29)36(44)28-32(39(46)42-38-34-13-8-7-12-31(34)27-37(38)45)25-30-14-16-33(17-15-30)49-24-20-43-18-22-48-23-19-43/h4-8,10-17,32,35-38,44-45H,2-3,9,18-28H2,1H3,(H,41,47)(H,42,46). The number of unbranched alkanes of at least 4 members (excludes halogenated alkanes) is 2. The Balaban J connectivity index is 1.29. The summed E-state index contributed by atoms with van der Waals surface area (Å²) in [7, 11) is 0. The number of carbonyl (C=O) groups is 2. The maximum atomic E-state index is 14.1. The Morgan fingerprint density at radius 1 is 0.920 bits per heavy atom. The summed E-state index contributed by atoms with van der Waals surface area (Å²) in [6.45, 7) is 7.08. The molecule has 5 rings (SSSR count). The van der Waals surface area contributed by atoms with Crippen molar-refractivity contribution >= 4 is 12.0 Å². The number of ether oxygens (including phenoxy) is 3. The van der Waals surface area contributed by atoms with Gasteiger partial charge in [0.05, 0.1) is 44.1 Å². The molecule has 5 unspecified atom stereocenters. The molecule has 0 spiro atoms. The first kappa shape index (κ1) is 37.3. The van der Waals surface area contributed by atoms with E-state index in [4.69, 9.17) is 14.2 Å². The van der Waals surface area contributed by atoms with Crippen LogP contribution in [0.4, 0.5) is 4.79 Å². The van der Waals surface area contributed by atoms with Gasteiger partial charge in [-0.1, -0.05) is 86.5 Å². The number of hydrogen-bond donors (Lipinski definition) is 4. The molecule has 2 amide bonds. The molecular weight excluding hydrogens is 634 g/mol. The van der Waals surface area contributed by atoms with Crippen molar-refractivity contribution in [2.24, 2.45) is 5.92 Å². The third-order valence-corrected chi connectivity index (χ3v) is 9.63. The molecule has 0 bridgehead atoms. The summed E-state index contributed by atoms with van der Waals surface area (Å²) in [6.07, 6.45) is 1.62. The van der Waals surface area contributed by atoms with Crippen molar-refractivity contribution in [1.82, 2.24) is 15.5 Å². The average Bonchev–Trinajstić information content (AvgIpc) is 3.45. The third kappa shape index (κ3) is 11.3. The van der Waals surface area contributed by atoms with Crippen LogP contribution in [0.15, 0.2) is 78.9 Å². The van der Waals surface area contributed by atoms with Gasteiger partial charge >= 0.3 is 6.09 Å². The number of nitrogens with zero attached hydrogens (tertiary/aromatic N) is 1. The van der Waals surface area contributed by atoms with E-state index in [-0.39, 0.29) is 12.3 Å². The molecule has 1 fully saturated rings. The lowest BCUT2D eigenvalue weighted by Gasteiger charge is -2.28. The van der Waals surface area contributed by atoms with Gasteiger partial charge in [0.2, 0.25) is 5.91 Å². The molecule has 1 aliphatic carbocycles. The Morgan fingerprint density at radius 2 is 1.64 bits per heavy atom. The second-order valence-electron chi connectivity index (χ2n) is 13.4. The van der Waals surface area contributed by atoms with Gasteiger partial charge in [0.1, 0.15) is 12.4 Å². The second-order valence-corrected chi connectivity index (χ2v) is 13.4. The van der Waals surface area contributed by atoms with Gasteiger partial charge in [0.15, 0.2) is 0 Å². The number of rotatable bonds is 18. The highest BCUT2D eigenvalue weighted by Gasteiger charge is 2.35. The van der Waals surface area contributed by atoms with Crippen LogP contribution in [-0.2, 0) is 33.5 Å². The number of benzene rings is 3. The number of aliphatic hydroxyl groups excluding tert-OH is 2. The summed E-state index contributed by atoms with van der Waals surface area (Å²) in [5.74, 6) is -0.173. The molecule has 1 heterocycles. The summed E-state index contributed by atoms with van der Waals surface area (Å²) in [6, 6.07) is 23.9. The van der Waals surface area contributed by atoms with Gasteiger partial charge in [-0.3, -0.25) is 9.69 Å². The van der Waals surface area contributed by atoms with E-state index in [1.807, 2.05) is 78.9 Å². The number of amides is 2. The first-order valence-electron chi connectivity index (χ1n) is 18.1. The smallest absolute Gasteiger partial charge is 0.407 e. The van der Waals surface area contributed by atoms with E-state index in [1.165, 1.54) is 0 Å². The minimum atomic E-state index is -1.06. The highest BCUT2D eigenvalue weighted by molar-refractivity contribution is 5.80. The van der Waals surface area contributed by atoms with Gasteiger partial charge < -0.3 is 35.1 Å². The molecule has 10 heteroatoms. The molecular formula is C40H53N3O7. The fourth-order valence-corrected chi connectivity index (χ4v) is 6.74. The van der Waals surface area contributed by atoms with Gasteiger partial charge in [0.25, 0.3) is 0 Å². The third-order valence-electron chi connectivity index (χ3n) is 9.63. The number of hydrogen-bond acceptors (Lipinski definition) is 8. The molecule has 2 aliphatic rings. The van der Waals surface area contributed by atoms with Gasteiger partial charge in [-0.25, -0.2) is 4.79 Å². The number of alkyl carbamates (subject to hydrolysis) is 1. The number of carbonyl (C=O) groups excluding carboxylic acids is 2. The summed E-state index contributed by atoms with van der Waals surface area (Å²) in [5, 5.41) is 28.6. The van der Waals surface area contributed by atoms with Crippen molar-refractivity contribution in [3.05, 3.63) is 101 Å². The number of fused-ring (bicyclic) bond motifs is 1. The monoisotopic (exact) mass is 687 g/mol. The van der Waals surface area contributed by atoms with E-state index in [1.54, 1.807) is 0 Å². The van der Waals surface area contributed by atoms with E-state index in [9.17, 15) is 19.8 Å². The van der Waals surface area contributed by atoms with Crippen LogP contribution in [0, 0.1) is 5.92 Å². The summed E-state index contributed by atoms with van der Waals surface area (Å²) >= 11 is 0. The fourth-order valence-electron chi connectivity index (χ4n) is 6.74. The molecule has 4 N–H and O–H groups in total. The highest BCUT2D eigenvalue weighted by atomic mass is 16.5. The molecule has 5 atom stereocenters. The molecule has 270 valence electrons. The number of nitrogens with one attached hydrogen (secondary N) is 2. The SMILES string of the molecule is CCCCCOC(=O)NC(Cc1ccccc1)C(O)CC(Cc1ccc(OCCN2CCOCC2)cc1)C(=O)NC1c2ccccc2CC1O. The van der Waals surface area contributed by atoms with Crippen molar-refractivity contribution in [2.75, 3.05) is 46.1 Å². The maximum absolute atomic E-state index is 14.1. The topological polar surface area (TPSA) is 130 Å². The van der Waals surface area contributed by atoms with E-state index >= 15 is 0 Å². The minimum Gasteiger partial charge on any atom is -0.492 e. The van der Waals surface area contributed by atoms with E-state index in [0.717, 1.165) is 80.1 Å². The lowest BCUT2D eigenvalue weighted by molar-refractivity contribution is -0.127. The van der Waals surface area contributed by atoms with E-state index in [0.29, 0.717) is 32.5 Å². The van der Waals surface area contributed by atoms with Crippen LogP contribution in [0.3, 0.4) is 0 Å². The largest absolute Gasteiger partial charge is 0.492 e. The van der Waals surface area contributed by atoms with Crippen molar-refractivity contribution in [3.63, 3.8) is 0 Å². The molecule has 10 nitrogen and oxygen atoms in total. The first-order valence-corrected chi connectivity index (χ1v) is 18.1. The van der Waals surface area contributed by atoms with Crippen LogP contribution in [0.25, 0.3) is 0 Å². The fraction of sp³-hybridized carbons (Fsp3) is 0.500. The minimum absolute atomic E-state index is 0.0850. The number of aliphatic hydroxyl groups is 2. The van der Waals surface area contributed by atoms with Crippen LogP contribution in [0.5, 0.6) is 5.75 Å². The summed E-state index contributed by atoms with van der Waals surface area (Å²) in [5.41, 5.74) is 3.77. The predicted octanol–water partition coefficient (Wildman–Crippen LogP) is 4.61. The molecule has 50 heavy (non-hydrogen) atoms. The lowest BCUT2D eigenvalue weighted by atomic mass is 9.88. The summed E-state index contributed by atoms with van der Waals surface area (Å²) in [4.78, 5) is 29.2. The van der Waals surface area contributed by atoms with Gasteiger partial charge in [0, 0.05) is 32.0 Å². The van der Waals surface area contributed by atoms with Crippen molar-refractivity contribution in [1.29, 1.82) is 0 Å². The Labute approximate surface area is 296 Å². The Kier molecular flexibility index (Phi) is 14.5. The normalized spacial score (nSPS) is 19.2. The molecule has 0 aromatic heterocycles. The van der Waals surface area contributed by atoms with Crippen LogP contribution in [-0.4, -0.2) is 91.4 Å². The average molecular weight is 688 g/mol. The van der Waals surface area contributed by atoms with Crippen molar-refractivity contribution in [3.8, 4) is 5.75 Å². The van der Waals surface area contributed by atoms with Gasteiger partial charge in [-0.15, -0.1) is 0 Å². The summed E-state index contributed by atoms with van der Waals surface area (Å²) < 4.78 is 16.9. The molecule has 1 saturated heterocycles. The molecule has 0 saturated carbocycles. The molecule has 3 aromatic rings. The lowest BCUT2D eigenvalue weighted by Crippen LogP contribution is -2.47. The van der Waals surface area contributed by atoms with E-state index < -0.39 is 36.3 Å². The van der Waals surface area contributed by atoms with Gasteiger partial charge in [-0.2, -0.15) is 0 Å². The second kappa shape index (κ2) is 19.4. The van der Waals surface area contributed by atoms with Crippen molar-refractivity contribution < 1.29 is 34.0 Å². The zero-order chi connectivity index (χ0) is 35.1.